The Morgan fingerprint density at radius 1 is 1.06 bits per heavy atom. The van der Waals surface area contributed by atoms with Gasteiger partial charge in [-0.05, 0) is 36.4 Å². The summed E-state index contributed by atoms with van der Waals surface area (Å²) in [7, 11) is -3.12. The third-order valence-electron chi connectivity index (χ3n) is 2.15. The summed E-state index contributed by atoms with van der Waals surface area (Å²) in [6.45, 7) is 0. The second-order valence-electron chi connectivity index (χ2n) is 3.50. The molecule has 0 atom stereocenters. The van der Waals surface area contributed by atoms with Gasteiger partial charge in [0.2, 0.25) is 0 Å². The fourth-order valence-corrected chi connectivity index (χ4v) is 1.97. The summed E-state index contributed by atoms with van der Waals surface area (Å²) in [6, 6.07) is 10.4. The maximum Gasteiger partial charge on any atom is 0.175 e. The Kier molecular flexibility index (Phi) is 2.70. The van der Waals surface area contributed by atoms with Crippen molar-refractivity contribution in [3.8, 4) is 0 Å². The summed E-state index contributed by atoms with van der Waals surface area (Å²) in [5.41, 5.74) is 3.92. The average molecular weight is 236 g/mol. The normalized spacial score (nSPS) is 11.3. The second kappa shape index (κ2) is 4.02. The molecule has 1 heterocycles. The molecule has 0 aliphatic rings. The van der Waals surface area contributed by atoms with E-state index in [2.05, 4.69) is 5.43 Å². The number of sulfone groups is 1. The van der Waals surface area contributed by atoms with Gasteiger partial charge < -0.3 is 0 Å². The number of hydrogen-bond donors (Lipinski definition) is 1. The number of benzene rings is 1. The van der Waals surface area contributed by atoms with E-state index in [1.54, 1.807) is 28.9 Å². The zero-order chi connectivity index (χ0) is 11.6. The van der Waals surface area contributed by atoms with Gasteiger partial charge in [0, 0.05) is 18.6 Å². The zero-order valence-electron chi connectivity index (χ0n) is 8.79. The summed E-state index contributed by atoms with van der Waals surface area (Å²) in [4.78, 5) is 0.325. The van der Waals surface area contributed by atoms with Crippen molar-refractivity contribution in [2.24, 2.45) is 0 Å². The highest BCUT2D eigenvalue weighted by atomic mass is 32.2. The predicted octanol–water partition coefficient (Wildman–Crippen LogP) is 1.77. The lowest BCUT2D eigenvalue weighted by atomic mass is 10.3. The van der Waals surface area contributed by atoms with Crippen molar-refractivity contribution in [1.29, 1.82) is 0 Å². The highest BCUT2D eigenvalue weighted by molar-refractivity contribution is 7.90. The fourth-order valence-electron chi connectivity index (χ4n) is 1.33. The van der Waals surface area contributed by atoms with Crippen LogP contribution >= 0.6 is 0 Å². The number of nitrogens with one attached hydrogen (secondary N) is 1. The van der Waals surface area contributed by atoms with E-state index < -0.39 is 9.84 Å². The third kappa shape index (κ3) is 2.43. The molecule has 0 saturated carbocycles. The van der Waals surface area contributed by atoms with Gasteiger partial charge in [-0.2, -0.15) is 0 Å². The van der Waals surface area contributed by atoms with Gasteiger partial charge in [-0.25, -0.2) is 8.42 Å². The standard InChI is InChI=1S/C11H12N2O2S/c1-16(14,15)11-6-4-10(5-7-11)12-13-8-2-3-9-13/h2-9,12H,1H3. The molecule has 0 saturated heterocycles. The molecule has 0 fully saturated rings. The van der Waals surface area contributed by atoms with E-state index in [0.717, 1.165) is 5.69 Å². The van der Waals surface area contributed by atoms with Gasteiger partial charge in [0.1, 0.15) is 0 Å². The van der Waals surface area contributed by atoms with Gasteiger partial charge in [0.05, 0.1) is 10.6 Å². The molecule has 4 nitrogen and oxygen atoms in total. The zero-order valence-corrected chi connectivity index (χ0v) is 9.61. The smallest absolute Gasteiger partial charge is 0.175 e. The number of hydrogen-bond acceptors (Lipinski definition) is 3. The topological polar surface area (TPSA) is 51.1 Å². The molecule has 84 valence electrons. The molecular weight excluding hydrogens is 224 g/mol. The van der Waals surface area contributed by atoms with Gasteiger partial charge >= 0.3 is 0 Å². The van der Waals surface area contributed by atoms with Gasteiger partial charge in [-0.1, -0.05) is 0 Å². The lowest BCUT2D eigenvalue weighted by Gasteiger charge is -2.07. The van der Waals surface area contributed by atoms with Crippen LogP contribution < -0.4 is 5.43 Å². The van der Waals surface area contributed by atoms with Gasteiger partial charge in [0.15, 0.2) is 9.84 Å². The Labute approximate surface area is 94.4 Å². The van der Waals surface area contributed by atoms with Crippen LogP contribution in [0.4, 0.5) is 5.69 Å². The molecule has 1 aromatic carbocycles. The van der Waals surface area contributed by atoms with Crippen LogP contribution in [0.1, 0.15) is 0 Å². The number of rotatable bonds is 3. The SMILES string of the molecule is CS(=O)(=O)c1ccc(Nn2cccc2)cc1. The van der Waals surface area contributed by atoms with Crippen molar-refractivity contribution >= 4 is 15.5 Å². The Morgan fingerprint density at radius 3 is 2.12 bits per heavy atom. The molecular formula is C11H12N2O2S. The van der Waals surface area contributed by atoms with E-state index in [1.807, 2.05) is 24.5 Å². The molecule has 1 N–H and O–H groups in total. The Morgan fingerprint density at radius 2 is 1.62 bits per heavy atom. The molecule has 0 unspecified atom stereocenters. The highest BCUT2D eigenvalue weighted by Gasteiger charge is 2.05. The van der Waals surface area contributed by atoms with Crippen LogP contribution in [0, 0.1) is 0 Å². The van der Waals surface area contributed by atoms with Gasteiger partial charge in [-0.15, -0.1) is 0 Å². The van der Waals surface area contributed by atoms with E-state index in [0.29, 0.717) is 4.90 Å². The Hall–Kier alpha value is -1.75. The van der Waals surface area contributed by atoms with E-state index in [4.69, 9.17) is 0 Å². The molecule has 5 heteroatoms. The molecule has 0 amide bonds. The summed E-state index contributed by atoms with van der Waals surface area (Å²) in [6.07, 6.45) is 4.93. The summed E-state index contributed by atoms with van der Waals surface area (Å²) in [5.74, 6) is 0. The van der Waals surface area contributed by atoms with E-state index in [9.17, 15) is 8.42 Å². The Balaban J connectivity index is 2.20. The van der Waals surface area contributed by atoms with Crippen molar-refractivity contribution in [2.75, 3.05) is 11.7 Å². The fraction of sp³-hybridized carbons (Fsp3) is 0.0909. The first-order valence-corrected chi connectivity index (χ1v) is 6.65. The molecule has 16 heavy (non-hydrogen) atoms. The maximum absolute atomic E-state index is 11.2. The first kappa shape index (κ1) is 10.8. The summed E-state index contributed by atoms with van der Waals surface area (Å²) < 4.78 is 24.3. The van der Waals surface area contributed by atoms with Crippen LogP contribution in [0.25, 0.3) is 0 Å². The van der Waals surface area contributed by atoms with Crippen molar-refractivity contribution in [3.63, 3.8) is 0 Å². The van der Waals surface area contributed by atoms with Crippen molar-refractivity contribution in [3.05, 3.63) is 48.8 Å². The summed E-state index contributed by atoms with van der Waals surface area (Å²) in [5, 5.41) is 0. The molecule has 0 radical (unpaired) electrons. The number of anilines is 1. The first-order chi connectivity index (χ1) is 7.55. The summed E-state index contributed by atoms with van der Waals surface area (Å²) >= 11 is 0. The quantitative estimate of drug-likeness (QED) is 0.883. The molecule has 0 aliphatic carbocycles. The van der Waals surface area contributed by atoms with Crippen molar-refractivity contribution in [2.45, 2.75) is 4.90 Å². The molecule has 0 aliphatic heterocycles. The van der Waals surface area contributed by atoms with E-state index >= 15 is 0 Å². The van der Waals surface area contributed by atoms with Crippen LogP contribution in [0.2, 0.25) is 0 Å². The average Bonchev–Trinajstić information content (AvgIpc) is 2.70. The van der Waals surface area contributed by atoms with Gasteiger partial charge in [-0.3, -0.25) is 10.1 Å². The predicted molar refractivity (Wildman–Crippen MR) is 63.0 cm³/mol. The largest absolute Gasteiger partial charge is 0.295 e. The lowest BCUT2D eigenvalue weighted by molar-refractivity contribution is 0.602. The lowest BCUT2D eigenvalue weighted by Crippen LogP contribution is -2.05. The van der Waals surface area contributed by atoms with Crippen LogP contribution in [0.15, 0.2) is 53.7 Å². The van der Waals surface area contributed by atoms with Crippen LogP contribution in [0.5, 0.6) is 0 Å². The highest BCUT2D eigenvalue weighted by Crippen LogP contribution is 2.13. The van der Waals surface area contributed by atoms with Crippen LogP contribution in [-0.4, -0.2) is 19.3 Å². The number of aromatic nitrogens is 1. The minimum atomic E-state index is -3.12. The molecule has 2 aromatic rings. The van der Waals surface area contributed by atoms with Crippen molar-refractivity contribution in [1.82, 2.24) is 4.68 Å². The van der Waals surface area contributed by atoms with Crippen LogP contribution in [0.3, 0.4) is 0 Å². The minimum Gasteiger partial charge on any atom is -0.295 e. The molecule has 2 rings (SSSR count). The number of nitrogens with zero attached hydrogens (tertiary/aromatic N) is 1. The Bertz CT molecular complexity index is 557. The molecule has 1 aromatic heterocycles. The van der Waals surface area contributed by atoms with Gasteiger partial charge in [0.25, 0.3) is 0 Å². The van der Waals surface area contributed by atoms with Crippen molar-refractivity contribution < 1.29 is 8.42 Å². The minimum absolute atomic E-state index is 0.325. The third-order valence-corrected chi connectivity index (χ3v) is 3.27. The second-order valence-corrected chi connectivity index (χ2v) is 5.51. The maximum atomic E-state index is 11.2. The van der Waals surface area contributed by atoms with Crippen LogP contribution in [-0.2, 0) is 9.84 Å². The monoisotopic (exact) mass is 236 g/mol. The van der Waals surface area contributed by atoms with E-state index in [-0.39, 0.29) is 0 Å². The molecule has 0 bridgehead atoms. The molecule has 0 spiro atoms. The van der Waals surface area contributed by atoms with E-state index in [1.165, 1.54) is 6.26 Å². The first-order valence-electron chi connectivity index (χ1n) is 4.76.